The summed E-state index contributed by atoms with van der Waals surface area (Å²) in [4.78, 5) is 74.1. The summed E-state index contributed by atoms with van der Waals surface area (Å²) in [6.45, 7) is 9.22. The van der Waals surface area contributed by atoms with Gasteiger partial charge in [0.2, 0.25) is 17.8 Å². The molecule has 3 N–H and O–H groups in total. The molecular weight excluding hydrogens is 866 g/mol. The number of allylic oxidation sites excluding steroid dienone is 2. The van der Waals surface area contributed by atoms with Crippen LogP contribution in [0.15, 0.2) is 83.6 Å². The molecule has 11 rings (SSSR count). The molecule has 354 valence electrons. The predicted molar refractivity (Wildman–Crippen MR) is 256 cm³/mol. The first-order valence-electron chi connectivity index (χ1n) is 24.3. The zero-order chi connectivity index (χ0) is 46.7. The molecule has 4 saturated heterocycles. The van der Waals surface area contributed by atoms with Gasteiger partial charge in [-0.25, -0.2) is 23.7 Å². The number of pyridine rings is 1. The Labute approximate surface area is 393 Å². The molecule has 1 spiro atoms. The van der Waals surface area contributed by atoms with Crippen LogP contribution < -0.4 is 26.0 Å². The molecule has 2 aromatic carbocycles. The summed E-state index contributed by atoms with van der Waals surface area (Å²) in [7, 11) is 0. The average Bonchev–Trinajstić information content (AvgIpc) is 3.81. The molecule has 1 unspecified atom stereocenters. The second-order valence-electron chi connectivity index (χ2n) is 20.1. The van der Waals surface area contributed by atoms with Crippen molar-refractivity contribution in [2.45, 2.75) is 95.9 Å². The van der Waals surface area contributed by atoms with Gasteiger partial charge in [-0.15, -0.1) is 0 Å². The Kier molecular flexibility index (Phi) is 11.4. The molecule has 68 heavy (non-hydrogen) atoms. The van der Waals surface area contributed by atoms with E-state index in [0.29, 0.717) is 47.8 Å². The summed E-state index contributed by atoms with van der Waals surface area (Å²) in [6.07, 6.45) is 11.2. The molecule has 0 saturated carbocycles. The number of anilines is 4. The van der Waals surface area contributed by atoms with Crippen molar-refractivity contribution < 1.29 is 23.9 Å². The van der Waals surface area contributed by atoms with Gasteiger partial charge < -0.3 is 30.0 Å². The molecule has 3 aromatic heterocycles. The van der Waals surface area contributed by atoms with Gasteiger partial charge in [-0.2, -0.15) is 4.98 Å². The molecule has 9 heterocycles. The van der Waals surface area contributed by atoms with Crippen molar-refractivity contribution >= 4 is 51.8 Å². The van der Waals surface area contributed by atoms with E-state index < -0.39 is 23.0 Å². The number of amides is 3. The number of aliphatic hydroxyl groups is 1. The molecule has 6 aliphatic rings. The van der Waals surface area contributed by atoms with E-state index in [1.54, 1.807) is 30.0 Å². The molecule has 0 aliphatic carbocycles. The monoisotopic (exact) mass is 923 g/mol. The number of likely N-dealkylation sites (tertiary alicyclic amines) is 1. The summed E-state index contributed by atoms with van der Waals surface area (Å²) in [5.41, 5.74) is 4.10. The number of imide groups is 1. The predicted octanol–water partition coefficient (Wildman–Crippen LogP) is 5.94. The summed E-state index contributed by atoms with van der Waals surface area (Å²) in [6, 6.07) is 19.0. The van der Waals surface area contributed by atoms with Gasteiger partial charge in [-0.3, -0.25) is 24.5 Å². The number of fused-ring (bicyclic) bond motifs is 7. The Bertz CT molecular complexity index is 2870. The maximum absolute atomic E-state index is 15.2. The number of benzene rings is 2. The van der Waals surface area contributed by atoms with Gasteiger partial charge in [0.1, 0.15) is 22.9 Å². The van der Waals surface area contributed by atoms with Crippen LogP contribution in [0.25, 0.3) is 16.9 Å². The summed E-state index contributed by atoms with van der Waals surface area (Å²) < 4.78 is 17.9. The zero-order valence-corrected chi connectivity index (χ0v) is 38.5. The maximum Gasteiger partial charge on any atom is 0.278 e. The van der Waals surface area contributed by atoms with Gasteiger partial charge in [-0.1, -0.05) is 12.1 Å². The van der Waals surface area contributed by atoms with Crippen molar-refractivity contribution in [3.63, 3.8) is 0 Å². The molecular formula is C51H58FN11O5. The quantitative estimate of drug-likeness (QED) is 0.165. The van der Waals surface area contributed by atoms with Gasteiger partial charge in [0.05, 0.1) is 12.2 Å². The smallest absolute Gasteiger partial charge is 0.278 e. The third-order valence-corrected chi connectivity index (χ3v) is 15.7. The fourth-order valence-electron chi connectivity index (χ4n) is 11.5. The minimum atomic E-state index is -1.29. The van der Waals surface area contributed by atoms with E-state index in [1.165, 1.54) is 53.0 Å². The van der Waals surface area contributed by atoms with Gasteiger partial charge in [0.15, 0.2) is 11.5 Å². The highest BCUT2D eigenvalue weighted by molar-refractivity contribution is 6.05. The second-order valence-corrected chi connectivity index (χ2v) is 20.1. The highest BCUT2D eigenvalue weighted by Gasteiger charge is 2.41. The molecule has 2 bridgehead atoms. The number of hydrogen-bond acceptors (Lipinski definition) is 12. The molecule has 16 nitrogen and oxygen atoms in total. The van der Waals surface area contributed by atoms with Crippen molar-refractivity contribution in [2.75, 3.05) is 60.9 Å². The number of halogens is 1. The van der Waals surface area contributed by atoms with Crippen LogP contribution in [0.2, 0.25) is 0 Å². The van der Waals surface area contributed by atoms with Crippen LogP contribution in [0.3, 0.4) is 0 Å². The number of carbonyl (C=O) groups excluding carboxylic acids is 3. The van der Waals surface area contributed by atoms with Crippen molar-refractivity contribution in [1.29, 1.82) is 0 Å². The first-order valence-corrected chi connectivity index (χ1v) is 24.3. The van der Waals surface area contributed by atoms with Crippen LogP contribution >= 0.6 is 0 Å². The molecule has 5 aromatic rings. The average molecular weight is 924 g/mol. The molecule has 3 amide bonds. The van der Waals surface area contributed by atoms with E-state index in [9.17, 15) is 24.3 Å². The Hall–Kier alpha value is -6.46. The van der Waals surface area contributed by atoms with Gasteiger partial charge in [0.25, 0.3) is 11.5 Å². The lowest BCUT2D eigenvalue weighted by atomic mass is 9.71. The third-order valence-electron chi connectivity index (χ3n) is 15.7. The lowest BCUT2D eigenvalue weighted by molar-refractivity contribution is -0.136. The molecule has 17 heteroatoms. The second kappa shape index (κ2) is 17.6. The van der Waals surface area contributed by atoms with Crippen LogP contribution in [0.5, 0.6) is 0 Å². The van der Waals surface area contributed by atoms with Crippen LogP contribution in [0.4, 0.5) is 27.4 Å². The minimum Gasteiger partial charge on any atom is -0.384 e. The van der Waals surface area contributed by atoms with Gasteiger partial charge >= 0.3 is 0 Å². The Balaban J connectivity index is 0.664. The van der Waals surface area contributed by atoms with Crippen molar-refractivity contribution in [1.82, 2.24) is 39.4 Å². The fraction of sp³-hybridized carbons (Fsp3) is 0.471. The van der Waals surface area contributed by atoms with Crippen LogP contribution in [0.1, 0.15) is 92.7 Å². The standard InChI is InChI=1S/C51H58FN11O5/c1-50(68)17-3-4-35(52)32-62-48(67)40-29-53-49(57-45(40)63(62)43-6-2-5-42(50)55-43)54-36-7-9-37(10-8-36)60-26-20-51(21-27-60)18-24-58(25-19-51)30-33-15-22-59(23-16-33)38-11-12-39-34(28-38)31-61(47(39)66)41-13-14-44(64)56-46(41)65/h2,4-12,28-29,33,41,68H,3,13-27,30-32H2,1H3,(H,53,54,57)(H,56,64,65)/b35-4+/t41?,50-/m1/s1. The molecule has 6 aliphatic heterocycles. The van der Waals surface area contributed by atoms with Gasteiger partial charge in [0, 0.05) is 74.5 Å². The lowest BCUT2D eigenvalue weighted by Crippen LogP contribution is -2.52. The highest BCUT2D eigenvalue weighted by Crippen LogP contribution is 2.43. The van der Waals surface area contributed by atoms with E-state index >= 15 is 4.39 Å². The summed E-state index contributed by atoms with van der Waals surface area (Å²) in [5.74, 6) is 0.0292. The number of carbonyl (C=O) groups is 3. The van der Waals surface area contributed by atoms with E-state index in [0.717, 1.165) is 75.6 Å². The third kappa shape index (κ3) is 8.43. The van der Waals surface area contributed by atoms with Gasteiger partial charge in [-0.05, 0) is 149 Å². The molecule has 4 fully saturated rings. The highest BCUT2D eigenvalue weighted by atomic mass is 19.1. The summed E-state index contributed by atoms with van der Waals surface area (Å²) >= 11 is 0. The Morgan fingerprint density at radius 3 is 2.34 bits per heavy atom. The summed E-state index contributed by atoms with van der Waals surface area (Å²) in [5, 5.41) is 17.1. The molecule has 2 atom stereocenters. The zero-order valence-electron chi connectivity index (χ0n) is 38.5. The minimum absolute atomic E-state index is 0.130. The number of nitrogens with one attached hydrogen (secondary N) is 2. The molecule has 0 radical (unpaired) electrons. The van der Waals surface area contributed by atoms with Crippen molar-refractivity contribution in [3.05, 3.63) is 106 Å². The van der Waals surface area contributed by atoms with Crippen LogP contribution in [-0.4, -0.2) is 109 Å². The Morgan fingerprint density at radius 2 is 1.57 bits per heavy atom. The number of hydrogen-bond donors (Lipinski definition) is 3. The first-order chi connectivity index (χ1) is 32.9. The SMILES string of the molecule is C[C@@]1(O)CC/C=C(/F)Cn2c(=O)c3cnc(Nc4ccc(N5CCC6(CCN(CC7CCN(c8ccc9c(c8)CN(C8CCC(=O)NC8=O)C9=O)CC7)CC6)CC5)cc4)nc3n2-c2cccc1n2. The van der Waals surface area contributed by atoms with E-state index in [2.05, 4.69) is 48.5 Å². The van der Waals surface area contributed by atoms with Crippen molar-refractivity contribution in [2.24, 2.45) is 11.3 Å². The van der Waals surface area contributed by atoms with Crippen LogP contribution in [0, 0.1) is 11.3 Å². The van der Waals surface area contributed by atoms with Crippen molar-refractivity contribution in [3.8, 4) is 5.82 Å². The number of nitrogens with zero attached hydrogens (tertiary/aromatic N) is 9. The van der Waals surface area contributed by atoms with E-state index in [1.807, 2.05) is 24.3 Å². The lowest BCUT2D eigenvalue weighted by Gasteiger charge is -2.48. The topological polar surface area (TPSA) is 174 Å². The number of piperidine rings is 4. The fourth-order valence-corrected chi connectivity index (χ4v) is 11.5. The van der Waals surface area contributed by atoms with E-state index in [-0.39, 0.29) is 54.1 Å². The maximum atomic E-state index is 15.2. The van der Waals surface area contributed by atoms with Crippen LogP contribution in [-0.2, 0) is 28.3 Å². The largest absolute Gasteiger partial charge is 0.384 e. The first kappa shape index (κ1) is 44.1. The van der Waals surface area contributed by atoms with E-state index in [4.69, 9.17) is 9.97 Å². The number of rotatable bonds is 7. The normalized spacial score (nSPS) is 24.3. The number of aromatic nitrogens is 5. The Morgan fingerprint density at radius 1 is 0.838 bits per heavy atom.